The number of rotatable bonds is 6. The van der Waals surface area contributed by atoms with Crippen LogP contribution >= 0.6 is 0 Å². The van der Waals surface area contributed by atoms with Gasteiger partial charge in [0.25, 0.3) is 0 Å². The second-order valence-corrected chi connectivity index (χ2v) is 10.2. The Hall–Kier alpha value is -2.71. The van der Waals surface area contributed by atoms with E-state index in [0.29, 0.717) is 18.7 Å². The van der Waals surface area contributed by atoms with Gasteiger partial charge in [0.05, 0.1) is 4.90 Å². The molecule has 0 radical (unpaired) electrons. The molecule has 0 bridgehead atoms. The maximum atomic E-state index is 13.2. The van der Waals surface area contributed by atoms with E-state index in [4.69, 9.17) is 0 Å². The predicted molar refractivity (Wildman–Crippen MR) is 125 cm³/mol. The first-order valence-electron chi connectivity index (χ1n) is 10.9. The van der Waals surface area contributed by atoms with Crippen LogP contribution in [0.1, 0.15) is 42.4 Å². The number of sulfonamides is 1. The van der Waals surface area contributed by atoms with Crippen molar-refractivity contribution in [3.05, 3.63) is 59.2 Å². The van der Waals surface area contributed by atoms with E-state index in [1.807, 2.05) is 32.9 Å². The number of hydrogen-bond donors (Lipinski definition) is 2. The summed E-state index contributed by atoms with van der Waals surface area (Å²) in [6, 6.07) is 12.2. The third-order valence-corrected chi connectivity index (χ3v) is 7.99. The molecule has 1 saturated heterocycles. The van der Waals surface area contributed by atoms with E-state index < -0.39 is 21.8 Å². The number of benzene rings is 2. The van der Waals surface area contributed by atoms with Gasteiger partial charge in [0.2, 0.25) is 10.0 Å². The minimum atomic E-state index is -3.60. The first-order valence-corrected chi connectivity index (χ1v) is 12.4. The van der Waals surface area contributed by atoms with E-state index in [-0.39, 0.29) is 17.5 Å². The number of aryl methyl sites for hydroxylation is 2. The number of amides is 2. The highest BCUT2D eigenvalue weighted by Crippen LogP contribution is 2.27. The zero-order chi connectivity index (χ0) is 23.3. The highest BCUT2D eigenvalue weighted by Gasteiger charge is 2.33. The van der Waals surface area contributed by atoms with E-state index in [0.717, 1.165) is 36.0 Å². The van der Waals surface area contributed by atoms with Crippen LogP contribution in [0.4, 0.5) is 5.69 Å². The molecular weight excluding hydrogens is 426 g/mol. The van der Waals surface area contributed by atoms with Crippen molar-refractivity contribution in [3.8, 4) is 0 Å². The van der Waals surface area contributed by atoms with Crippen LogP contribution in [-0.2, 0) is 19.6 Å². The maximum absolute atomic E-state index is 13.2. The largest absolute Gasteiger partial charge is 0.348 e. The van der Waals surface area contributed by atoms with Gasteiger partial charge in [0.1, 0.15) is 0 Å². The monoisotopic (exact) mass is 457 g/mol. The number of carbonyl (C=O) groups is 2. The fourth-order valence-electron chi connectivity index (χ4n) is 3.92. The van der Waals surface area contributed by atoms with Crippen molar-refractivity contribution in [2.45, 2.75) is 57.4 Å². The SMILES string of the molecule is Cc1ccc(S(=O)(=O)N2CCCCC2CCNC(=O)C(=O)Nc2cccc(C)c2C)cc1. The minimum absolute atomic E-state index is 0.211. The molecule has 1 unspecified atom stereocenters. The lowest BCUT2D eigenvalue weighted by Gasteiger charge is -2.34. The number of hydrogen-bond acceptors (Lipinski definition) is 4. The number of anilines is 1. The van der Waals surface area contributed by atoms with E-state index >= 15 is 0 Å². The average Bonchev–Trinajstić information content (AvgIpc) is 2.77. The highest BCUT2D eigenvalue weighted by molar-refractivity contribution is 7.89. The molecule has 2 N–H and O–H groups in total. The van der Waals surface area contributed by atoms with Gasteiger partial charge in [-0.05, 0) is 69.4 Å². The van der Waals surface area contributed by atoms with E-state index in [9.17, 15) is 18.0 Å². The summed E-state index contributed by atoms with van der Waals surface area (Å²) in [5, 5.41) is 5.27. The van der Waals surface area contributed by atoms with Gasteiger partial charge in [-0.15, -0.1) is 0 Å². The summed E-state index contributed by atoms with van der Waals surface area (Å²) < 4.78 is 27.8. The Labute approximate surface area is 190 Å². The standard InChI is InChI=1S/C24H31N3O4S/c1-17-10-12-21(13-11-17)32(30,31)27-16-5-4-8-20(27)14-15-25-23(28)24(29)26-22-9-6-7-18(2)19(22)3/h6-7,9-13,20H,4-5,8,14-16H2,1-3H3,(H,25,28)(H,26,29). The Bertz CT molecular complexity index is 1080. The van der Waals surface area contributed by atoms with Gasteiger partial charge in [-0.1, -0.05) is 36.2 Å². The molecule has 0 aliphatic carbocycles. The maximum Gasteiger partial charge on any atom is 0.313 e. The fourth-order valence-corrected chi connectivity index (χ4v) is 5.65. The van der Waals surface area contributed by atoms with Crippen LogP contribution in [-0.4, -0.2) is 43.7 Å². The van der Waals surface area contributed by atoms with Gasteiger partial charge in [-0.25, -0.2) is 8.42 Å². The van der Waals surface area contributed by atoms with Gasteiger partial charge in [0, 0.05) is 24.8 Å². The molecule has 1 atom stereocenters. The second-order valence-electron chi connectivity index (χ2n) is 8.32. The van der Waals surface area contributed by atoms with Crippen LogP contribution in [0.3, 0.4) is 0 Å². The molecule has 7 nitrogen and oxygen atoms in total. The summed E-state index contributed by atoms with van der Waals surface area (Å²) in [5.41, 5.74) is 3.54. The van der Waals surface area contributed by atoms with Gasteiger partial charge < -0.3 is 10.6 Å². The molecule has 2 amide bonds. The van der Waals surface area contributed by atoms with Gasteiger partial charge in [-0.3, -0.25) is 9.59 Å². The molecule has 1 aliphatic rings. The van der Waals surface area contributed by atoms with Crippen molar-refractivity contribution in [1.82, 2.24) is 9.62 Å². The lowest BCUT2D eigenvalue weighted by molar-refractivity contribution is -0.136. The topological polar surface area (TPSA) is 95.6 Å². The number of piperidine rings is 1. The Morgan fingerprint density at radius 2 is 1.72 bits per heavy atom. The van der Waals surface area contributed by atoms with Gasteiger partial charge in [-0.2, -0.15) is 4.31 Å². The third kappa shape index (κ3) is 5.55. The first kappa shape index (κ1) is 23.9. The Morgan fingerprint density at radius 1 is 1.00 bits per heavy atom. The van der Waals surface area contributed by atoms with Crippen LogP contribution in [0.2, 0.25) is 0 Å². The zero-order valence-electron chi connectivity index (χ0n) is 18.8. The Morgan fingerprint density at radius 3 is 2.44 bits per heavy atom. The summed E-state index contributed by atoms with van der Waals surface area (Å²) in [6.45, 7) is 6.42. The number of carbonyl (C=O) groups excluding carboxylic acids is 2. The van der Waals surface area contributed by atoms with Crippen molar-refractivity contribution in [2.24, 2.45) is 0 Å². The predicted octanol–water partition coefficient (Wildman–Crippen LogP) is 3.30. The molecule has 3 rings (SSSR count). The lowest BCUT2D eigenvalue weighted by atomic mass is 10.0. The summed E-state index contributed by atoms with van der Waals surface area (Å²) in [7, 11) is -3.60. The van der Waals surface area contributed by atoms with Crippen LogP contribution in [0.25, 0.3) is 0 Å². The molecule has 32 heavy (non-hydrogen) atoms. The molecule has 0 saturated carbocycles. The molecule has 0 aromatic heterocycles. The van der Waals surface area contributed by atoms with Crippen molar-refractivity contribution >= 4 is 27.5 Å². The van der Waals surface area contributed by atoms with Crippen molar-refractivity contribution in [2.75, 3.05) is 18.4 Å². The van der Waals surface area contributed by atoms with Gasteiger partial charge in [0.15, 0.2) is 0 Å². The molecular formula is C24H31N3O4S. The summed E-state index contributed by atoms with van der Waals surface area (Å²) in [5.74, 6) is -1.46. The highest BCUT2D eigenvalue weighted by atomic mass is 32.2. The molecule has 2 aromatic rings. The minimum Gasteiger partial charge on any atom is -0.348 e. The molecule has 1 fully saturated rings. The molecule has 1 aliphatic heterocycles. The number of nitrogens with zero attached hydrogens (tertiary/aromatic N) is 1. The second kappa shape index (κ2) is 10.3. The first-order chi connectivity index (χ1) is 15.2. The smallest absolute Gasteiger partial charge is 0.313 e. The van der Waals surface area contributed by atoms with Gasteiger partial charge >= 0.3 is 11.8 Å². The Kier molecular flexibility index (Phi) is 7.69. The van der Waals surface area contributed by atoms with E-state index in [1.165, 1.54) is 0 Å². The quantitative estimate of drug-likeness (QED) is 0.651. The molecule has 172 valence electrons. The average molecular weight is 458 g/mol. The van der Waals surface area contributed by atoms with Crippen LogP contribution in [0.15, 0.2) is 47.4 Å². The molecule has 8 heteroatoms. The van der Waals surface area contributed by atoms with E-state index in [1.54, 1.807) is 34.6 Å². The van der Waals surface area contributed by atoms with E-state index in [2.05, 4.69) is 10.6 Å². The Balaban J connectivity index is 1.58. The molecule has 2 aromatic carbocycles. The van der Waals surface area contributed by atoms with Crippen molar-refractivity contribution in [1.29, 1.82) is 0 Å². The number of nitrogens with one attached hydrogen (secondary N) is 2. The normalized spacial score (nSPS) is 17.0. The van der Waals surface area contributed by atoms with Crippen LogP contribution in [0.5, 0.6) is 0 Å². The summed E-state index contributed by atoms with van der Waals surface area (Å²) >= 11 is 0. The van der Waals surface area contributed by atoms with Crippen LogP contribution < -0.4 is 10.6 Å². The van der Waals surface area contributed by atoms with Crippen LogP contribution in [0, 0.1) is 20.8 Å². The molecule has 0 spiro atoms. The van der Waals surface area contributed by atoms with Crippen molar-refractivity contribution in [3.63, 3.8) is 0 Å². The molecule has 1 heterocycles. The summed E-state index contributed by atoms with van der Waals surface area (Å²) in [6.07, 6.45) is 2.93. The lowest BCUT2D eigenvalue weighted by Crippen LogP contribution is -2.45. The third-order valence-electron chi connectivity index (χ3n) is 6.02. The summed E-state index contributed by atoms with van der Waals surface area (Å²) in [4.78, 5) is 24.8. The zero-order valence-corrected chi connectivity index (χ0v) is 19.7. The fraction of sp³-hybridized carbons (Fsp3) is 0.417. The van der Waals surface area contributed by atoms with Crippen molar-refractivity contribution < 1.29 is 18.0 Å².